The summed E-state index contributed by atoms with van der Waals surface area (Å²) in [5.41, 5.74) is 0. The first-order chi connectivity index (χ1) is 44.0. The second kappa shape index (κ2) is 71.3. The van der Waals surface area contributed by atoms with Gasteiger partial charge in [0.2, 0.25) is 0 Å². The van der Waals surface area contributed by atoms with Crippen molar-refractivity contribution in [2.24, 2.45) is 0 Å². The van der Waals surface area contributed by atoms with Crippen LogP contribution in [-0.4, -0.2) is 74.9 Å². The second-order valence-corrected chi connectivity index (χ2v) is 29.5. The first-order valence-corrected chi connectivity index (χ1v) is 40.9. The lowest BCUT2D eigenvalue weighted by Gasteiger charge is -2.24. The Bertz CT molecular complexity index is 1660. The Morgan fingerprint density at radius 3 is 0.944 bits per heavy atom. The van der Waals surface area contributed by atoms with Crippen molar-refractivity contribution in [1.82, 2.24) is 0 Å². The van der Waals surface area contributed by atoms with Crippen LogP contribution in [0.5, 0.6) is 0 Å². The highest BCUT2D eigenvalue weighted by molar-refractivity contribution is 7.47. The van der Waals surface area contributed by atoms with Gasteiger partial charge in [0.25, 0.3) is 0 Å². The van der Waals surface area contributed by atoms with Gasteiger partial charge in [0.05, 0.1) is 27.7 Å². The number of quaternary nitrogens is 1. The van der Waals surface area contributed by atoms with Crippen molar-refractivity contribution in [2.45, 2.75) is 405 Å². The first-order valence-electron chi connectivity index (χ1n) is 39.4. The smallest absolute Gasteiger partial charge is 0.462 e. The molecule has 530 valence electrons. The number of allylic oxidation sites excluding steroid dienone is 8. The summed E-state index contributed by atoms with van der Waals surface area (Å²) in [6, 6.07) is 0. The molecule has 0 aliphatic carbocycles. The van der Waals surface area contributed by atoms with E-state index in [4.69, 9.17) is 18.5 Å². The number of carbonyl (C=O) groups is 2. The highest BCUT2D eigenvalue weighted by Gasteiger charge is 2.27. The van der Waals surface area contributed by atoms with Gasteiger partial charge in [-0.05, 0) is 51.4 Å². The van der Waals surface area contributed by atoms with Crippen molar-refractivity contribution in [1.29, 1.82) is 0 Å². The molecule has 0 aliphatic heterocycles. The van der Waals surface area contributed by atoms with Gasteiger partial charge in [0, 0.05) is 12.8 Å². The van der Waals surface area contributed by atoms with E-state index >= 15 is 0 Å². The predicted octanol–water partition coefficient (Wildman–Crippen LogP) is 26.0. The molecule has 0 amide bonds. The van der Waals surface area contributed by atoms with Gasteiger partial charge in [-0.1, -0.05) is 383 Å². The summed E-state index contributed by atoms with van der Waals surface area (Å²) in [5, 5.41) is 0. The molecule has 0 saturated heterocycles. The number of hydrogen-bond acceptors (Lipinski definition) is 7. The quantitative estimate of drug-likeness (QED) is 0.0211. The van der Waals surface area contributed by atoms with E-state index in [0.29, 0.717) is 23.9 Å². The predicted molar refractivity (Wildman–Crippen MR) is 390 cm³/mol. The van der Waals surface area contributed by atoms with Crippen molar-refractivity contribution < 1.29 is 42.1 Å². The SMILES string of the molecule is CC/C=C\C/C=C\C/C=C\C/C=C\CCCCCCCCCCCCCCCCCCC(=O)OC(COC(=O)CCCCCCCCCCCCCCCCCCCCCCCCCCCCCCCCCCCCCCC)COP(=O)(O)OCC[N+](C)(C)C. The minimum atomic E-state index is -4.39. The summed E-state index contributed by atoms with van der Waals surface area (Å²) in [6.07, 6.45) is 94.1. The zero-order valence-corrected chi connectivity index (χ0v) is 61.5. The van der Waals surface area contributed by atoms with Crippen LogP contribution >= 0.6 is 7.82 Å². The molecule has 0 aromatic carbocycles. The maximum atomic E-state index is 12.9. The van der Waals surface area contributed by atoms with Gasteiger partial charge in [-0.15, -0.1) is 0 Å². The number of likely N-dealkylation sites (N-methyl/N-ethyl adjacent to an activating group) is 1. The lowest BCUT2D eigenvalue weighted by atomic mass is 10.0. The van der Waals surface area contributed by atoms with Crippen LogP contribution in [0.4, 0.5) is 0 Å². The summed E-state index contributed by atoms with van der Waals surface area (Å²) in [5.74, 6) is -0.775. The van der Waals surface area contributed by atoms with E-state index in [9.17, 15) is 19.0 Å². The van der Waals surface area contributed by atoms with Crippen LogP contribution in [0.25, 0.3) is 0 Å². The zero-order valence-electron chi connectivity index (χ0n) is 60.7. The molecule has 90 heavy (non-hydrogen) atoms. The molecule has 0 bridgehead atoms. The highest BCUT2D eigenvalue weighted by atomic mass is 31.2. The second-order valence-electron chi connectivity index (χ2n) is 28.1. The fraction of sp³-hybridized carbons (Fsp3) is 0.875. The van der Waals surface area contributed by atoms with Gasteiger partial charge in [-0.3, -0.25) is 18.6 Å². The van der Waals surface area contributed by atoms with Gasteiger partial charge < -0.3 is 18.9 Å². The van der Waals surface area contributed by atoms with E-state index in [1.807, 2.05) is 21.1 Å². The fourth-order valence-electron chi connectivity index (χ4n) is 11.9. The van der Waals surface area contributed by atoms with Crippen LogP contribution in [0, 0.1) is 0 Å². The molecule has 0 fully saturated rings. The van der Waals surface area contributed by atoms with E-state index in [-0.39, 0.29) is 25.6 Å². The van der Waals surface area contributed by atoms with Crippen molar-refractivity contribution in [3.8, 4) is 0 Å². The molecule has 0 radical (unpaired) electrons. The number of unbranched alkanes of at least 4 members (excludes halogenated alkanes) is 52. The summed E-state index contributed by atoms with van der Waals surface area (Å²) in [4.78, 5) is 36.0. The molecular weight excluding hydrogens is 1130 g/mol. The van der Waals surface area contributed by atoms with Crippen molar-refractivity contribution in [2.75, 3.05) is 47.5 Å². The third kappa shape index (κ3) is 75.0. The van der Waals surface area contributed by atoms with E-state index in [0.717, 1.165) is 57.8 Å². The average Bonchev–Trinajstić information content (AvgIpc) is 3.58. The number of carbonyl (C=O) groups excluding carboxylic acids is 2. The van der Waals surface area contributed by atoms with E-state index in [1.165, 1.54) is 308 Å². The van der Waals surface area contributed by atoms with Crippen LogP contribution in [0.2, 0.25) is 0 Å². The van der Waals surface area contributed by atoms with Crippen molar-refractivity contribution in [3.05, 3.63) is 48.6 Å². The lowest BCUT2D eigenvalue weighted by molar-refractivity contribution is -0.870. The van der Waals surface area contributed by atoms with Gasteiger partial charge in [0.15, 0.2) is 6.10 Å². The van der Waals surface area contributed by atoms with E-state index in [1.54, 1.807) is 0 Å². The minimum Gasteiger partial charge on any atom is -0.462 e. The fourth-order valence-corrected chi connectivity index (χ4v) is 12.6. The number of esters is 2. The summed E-state index contributed by atoms with van der Waals surface area (Å²) in [7, 11) is 1.50. The minimum absolute atomic E-state index is 0.0338. The average molecular weight is 1290 g/mol. The molecule has 0 aliphatic rings. The lowest BCUT2D eigenvalue weighted by Crippen LogP contribution is -2.37. The molecule has 0 heterocycles. The van der Waals surface area contributed by atoms with Crippen molar-refractivity contribution in [3.63, 3.8) is 0 Å². The molecule has 0 spiro atoms. The van der Waals surface area contributed by atoms with Gasteiger partial charge in [0.1, 0.15) is 19.8 Å². The van der Waals surface area contributed by atoms with Crippen molar-refractivity contribution >= 4 is 19.8 Å². The Balaban J connectivity index is 3.90. The summed E-state index contributed by atoms with van der Waals surface area (Å²) in [6.45, 7) is 4.40. The van der Waals surface area contributed by atoms with Gasteiger partial charge >= 0.3 is 19.8 Å². The third-order valence-electron chi connectivity index (χ3n) is 17.9. The molecule has 9 nitrogen and oxygen atoms in total. The standard InChI is InChI=1S/C80H152NO8P/c1-6-8-10-12-14-16-18-20-22-24-26-28-30-32-34-36-37-38-39-40-41-42-43-45-46-48-50-52-54-56-58-60-62-64-66-68-70-72-79(82)86-76-78(77-88-90(84,85)87-75-74-81(3,4)5)89-80(83)73-71-69-67-65-63-61-59-57-55-53-51-49-47-44-35-33-31-29-27-25-23-21-19-17-15-13-11-9-7-2/h9,11,15,17,21,23,27,29,78H,6-8,10,12-14,16,18-20,22,24-26,28,30-77H2,1-5H3/p+1/b11-9-,17-15-,23-21-,29-27-. The topological polar surface area (TPSA) is 108 Å². The van der Waals surface area contributed by atoms with Crippen LogP contribution in [-0.2, 0) is 32.7 Å². The number of hydrogen-bond donors (Lipinski definition) is 1. The zero-order chi connectivity index (χ0) is 65.5. The molecule has 1 N–H and O–H groups in total. The Labute approximate surface area is 560 Å². The van der Waals surface area contributed by atoms with Gasteiger partial charge in [-0.2, -0.15) is 0 Å². The van der Waals surface area contributed by atoms with Crippen LogP contribution in [0.3, 0.4) is 0 Å². The Hall–Kier alpha value is -2.03. The Morgan fingerprint density at radius 1 is 0.356 bits per heavy atom. The van der Waals surface area contributed by atoms with E-state index < -0.39 is 26.5 Å². The molecule has 0 aromatic rings. The molecule has 0 saturated carbocycles. The highest BCUT2D eigenvalue weighted by Crippen LogP contribution is 2.43. The monoisotopic (exact) mass is 1290 g/mol. The molecular formula is C80H153NO8P+. The largest absolute Gasteiger partial charge is 0.472 e. The summed E-state index contributed by atoms with van der Waals surface area (Å²) >= 11 is 0. The van der Waals surface area contributed by atoms with Crippen LogP contribution < -0.4 is 0 Å². The number of rotatable bonds is 74. The maximum absolute atomic E-state index is 12.9. The Morgan fingerprint density at radius 2 is 0.633 bits per heavy atom. The van der Waals surface area contributed by atoms with Gasteiger partial charge in [-0.25, -0.2) is 4.57 Å². The Kier molecular flexibility index (Phi) is 69.7. The number of phosphoric ester groups is 1. The number of ether oxygens (including phenoxy) is 2. The molecule has 0 rings (SSSR count). The number of phosphoric acid groups is 1. The normalized spacial score (nSPS) is 13.3. The maximum Gasteiger partial charge on any atom is 0.472 e. The van der Waals surface area contributed by atoms with E-state index in [2.05, 4.69) is 62.5 Å². The third-order valence-corrected chi connectivity index (χ3v) is 18.9. The molecule has 0 aromatic heterocycles. The molecule has 2 atom stereocenters. The van der Waals surface area contributed by atoms with Crippen LogP contribution in [0.1, 0.15) is 399 Å². The first kappa shape index (κ1) is 88.0. The number of nitrogens with zero attached hydrogens (tertiary/aromatic N) is 1. The molecule has 10 heteroatoms. The summed E-state index contributed by atoms with van der Waals surface area (Å²) < 4.78 is 34.8. The van der Waals surface area contributed by atoms with Crippen LogP contribution in [0.15, 0.2) is 48.6 Å². The molecule has 2 unspecified atom stereocenters.